The Balaban J connectivity index is 1.73. The number of furan rings is 1. The van der Waals surface area contributed by atoms with E-state index >= 15 is 0 Å². The lowest BCUT2D eigenvalue weighted by Gasteiger charge is -2.07. The van der Waals surface area contributed by atoms with Crippen molar-refractivity contribution in [3.63, 3.8) is 0 Å². The largest absolute Gasteiger partial charge is 0.465 e. The van der Waals surface area contributed by atoms with Crippen molar-refractivity contribution in [1.29, 1.82) is 0 Å². The van der Waals surface area contributed by atoms with E-state index in [0.717, 1.165) is 0 Å². The lowest BCUT2D eigenvalue weighted by atomic mass is 10.1. The molecular formula is C20H17N3O5. The minimum absolute atomic E-state index is 0.204. The van der Waals surface area contributed by atoms with E-state index in [4.69, 9.17) is 13.9 Å². The molecule has 1 amide bonds. The van der Waals surface area contributed by atoms with Gasteiger partial charge in [-0.1, -0.05) is 0 Å². The first kappa shape index (κ1) is 17.6. The number of hydrogen-bond acceptors (Lipinski definition) is 6. The van der Waals surface area contributed by atoms with Gasteiger partial charge in [-0.3, -0.25) is 4.79 Å². The van der Waals surface area contributed by atoms with Crippen LogP contribution < -0.4 is 10.1 Å². The van der Waals surface area contributed by atoms with E-state index in [1.807, 2.05) is 0 Å². The number of nitrogens with zero attached hydrogens (tertiary/aromatic N) is 2. The van der Waals surface area contributed by atoms with Crippen molar-refractivity contribution in [2.45, 2.75) is 6.92 Å². The zero-order chi connectivity index (χ0) is 19.8. The fourth-order valence-electron chi connectivity index (χ4n) is 3.10. The topological polar surface area (TPSA) is 95.1 Å². The van der Waals surface area contributed by atoms with E-state index < -0.39 is 5.97 Å². The quantitative estimate of drug-likeness (QED) is 0.547. The molecule has 0 saturated carbocycles. The highest BCUT2D eigenvalue weighted by Gasteiger charge is 2.18. The van der Waals surface area contributed by atoms with Gasteiger partial charge in [0.1, 0.15) is 22.6 Å². The average molecular weight is 379 g/mol. The van der Waals surface area contributed by atoms with Gasteiger partial charge in [0.25, 0.3) is 5.91 Å². The van der Waals surface area contributed by atoms with E-state index in [1.165, 1.54) is 7.11 Å². The molecule has 8 nitrogen and oxygen atoms in total. The Morgan fingerprint density at radius 3 is 2.79 bits per heavy atom. The summed E-state index contributed by atoms with van der Waals surface area (Å²) in [4.78, 5) is 23.8. The summed E-state index contributed by atoms with van der Waals surface area (Å²) in [6.07, 6.45) is 3.14. The van der Waals surface area contributed by atoms with Gasteiger partial charge in [0.15, 0.2) is 5.75 Å². The molecule has 0 spiro atoms. The van der Waals surface area contributed by atoms with Crippen molar-refractivity contribution in [2.75, 3.05) is 14.2 Å². The molecule has 0 bridgehead atoms. The van der Waals surface area contributed by atoms with Crippen molar-refractivity contribution in [3.8, 4) is 11.5 Å². The first-order valence-corrected chi connectivity index (χ1v) is 8.50. The van der Waals surface area contributed by atoms with Gasteiger partial charge in [-0.2, -0.15) is 5.10 Å². The molecule has 1 N–H and O–H groups in total. The second-order valence-electron chi connectivity index (χ2n) is 6.12. The zero-order valence-electron chi connectivity index (χ0n) is 15.5. The summed E-state index contributed by atoms with van der Waals surface area (Å²) in [7, 11) is 2.90. The lowest BCUT2D eigenvalue weighted by molar-refractivity contribution is 0.0600. The van der Waals surface area contributed by atoms with Crippen LogP contribution in [0.3, 0.4) is 0 Å². The van der Waals surface area contributed by atoms with Gasteiger partial charge in [-0.25, -0.2) is 9.31 Å². The molecular weight excluding hydrogens is 362 g/mol. The number of benzene rings is 1. The third-order valence-corrected chi connectivity index (χ3v) is 4.41. The van der Waals surface area contributed by atoms with Crippen LogP contribution in [0.2, 0.25) is 0 Å². The second kappa shape index (κ2) is 6.73. The third-order valence-electron chi connectivity index (χ3n) is 4.41. The Morgan fingerprint density at radius 1 is 1.21 bits per heavy atom. The third kappa shape index (κ3) is 2.84. The van der Waals surface area contributed by atoms with Gasteiger partial charge in [0, 0.05) is 30.8 Å². The van der Waals surface area contributed by atoms with Crippen LogP contribution in [0.15, 0.2) is 47.1 Å². The summed E-state index contributed by atoms with van der Waals surface area (Å²) in [5.74, 6) is 0.917. The van der Waals surface area contributed by atoms with Crippen LogP contribution >= 0.6 is 0 Å². The van der Waals surface area contributed by atoms with E-state index in [9.17, 15) is 9.59 Å². The SMILES string of the molecule is CNC(=O)c1c(C)oc2cc(Oc3ccnn4cc(C(=O)OC)cc34)ccc12. The molecule has 4 aromatic rings. The van der Waals surface area contributed by atoms with Crippen molar-refractivity contribution in [1.82, 2.24) is 14.9 Å². The number of ether oxygens (including phenoxy) is 2. The molecule has 8 heteroatoms. The number of aromatic nitrogens is 2. The van der Waals surface area contributed by atoms with Gasteiger partial charge < -0.3 is 19.2 Å². The maximum atomic E-state index is 12.1. The lowest BCUT2D eigenvalue weighted by Crippen LogP contribution is -2.18. The van der Waals surface area contributed by atoms with Gasteiger partial charge in [0.05, 0.1) is 24.4 Å². The molecule has 0 unspecified atom stereocenters. The van der Waals surface area contributed by atoms with E-state index in [-0.39, 0.29) is 5.91 Å². The number of amides is 1. The summed E-state index contributed by atoms with van der Waals surface area (Å²) in [6, 6.07) is 8.60. The maximum Gasteiger partial charge on any atom is 0.339 e. The number of fused-ring (bicyclic) bond motifs is 2. The normalized spacial score (nSPS) is 11.0. The minimum atomic E-state index is -0.453. The molecule has 0 fully saturated rings. The fraction of sp³-hybridized carbons (Fsp3) is 0.150. The zero-order valence-corrected chi connectivity index (χ0v) is 15.5. The van der Waals surface area contributed by atoms with Crippen molar-refractivity contribution in [2.24, 2.45) is 0 Å². The number of nitrogens with one attached hydrogen (secondary N) is 1. The number of carbonyl (C=O) groups excluding carboxylic acids is 2. The minimum Gasteiger partial charge on any atom is -0.465 e. The summed E-state index contributed by atoms with van der Waals surface area (Å²) in [6.45, 7) is 1.74. The highest BCUT2D eigenvalue weighted by atomic mass is 16.5. The molecule has 28 heavy (non-hydrogen) atoms. The Hall–Kier alpha value is -3.81. The van der Waals surface area contributed by atoms with Gasteiger partial charge in [-0.05, 0) is 25.1 Å². The highest BCUT2D eigenvalue weighted by Crippen LogP contribution is 2.32. The molecule has 0 aliphatic carbocycles. The van der Waals surface area contributed by atoms with Gasteiger partial charge in [0.2, 0.25) is 0 Å². The monoisotopic (exact) mass is 379 g/mol. The van der Waals surface area contributed by atoms with Crippen molar-refractivity contribution >= 4 is 28.4 Å². The van der Waals surface area contributed by atoms with Crippen molar-refractivity contribution in [3.05, 3.63) is 59.6 Å². The molecule has 0 aliphatic rings. The predicted octanol–water partition coefficient (Wildman–Crippen LogP) is 3.33. The average Bonchev–Trinajstić information content (AvgIpc) is 3.27. The Morgan fingerprint density at radius 2 is 2.04 bits per heavy atom. The smallest absolute Gasteiger partial charge is 0.339 e. The van der Waals surface area contributed by atoms with Crippen LogP contribution in [-0.4, -0.2) is 35.6 Å². The Bertz CT molecular complexity index is 1220. The summed E-state index contributed by atoms with van der Waals surface area (Å²) in [5, 5.41) is 7.50. The van der Waals surface area contributed by atoms with Crippen LogP contribution in [-0.2, 0) is 4.74 Å². The molecule has 0 atom stereocenters. The molecule has 3 aromatic heterocycles. The van der Waals surface area contributed by atoms with Crippen LogP contribution in [0.25, 0.3) is 16.5 Å². The van der Waals surface area contributed by atoms with E-state index in [0.29, 0.717) is 44.9 Å². The van der Waals surface area contributed by atoms with Gasteiger partial charge in [-0.15, -0.1) is 0 Å². The van der Waals surface area contributed by atoms with Gasteiger partial charge >= 0.3 is 5.97 Å². The molecule has 4 rings (SSSR count). The number of rotatable bonds is 4. The number of aryl methyl sites for hydroxylation is 1. The van der Waals surface area contributed by atoms with E-state index in [1.54, 1.807) is 61.2 Å². The fourth-order valence-corrected chi connectivity index (χ4v) is 3.10. The first-order chi connectivity index (χ1) is 13.5. The number of carbonyl (C=O) groups is 2. The summed E-state index contributed by atoms with van der Waals surface area (Å²) in [5.41, 5.74) is 2.04. The van der Waals surface area contributed by atoms with Crippen LogP contribution in [0.4, 0.5) is 0 Å². The Kier molecular flexibility index (Phi) is 4.23. The molecule has 3 heterocycles. The molecule has 0 radical (unpaired) electrons. The summed E-state index contributed by atoms with van der Waals surface area (Å²) >= 11 is 0. The molecule has 0 aliphatic heterocycles. The summed E-state index contributed by atoms with van der Waals surface area (Å²) < 4.78 is 18.0. The highest BCUT2D eigenvalue weighted by molar-refractivity contribution is 6.07. The molecule has 0 saturated heterocycles. The van der Waals surface area contributed by atoms with Crippen molar-refractivity contribution < 1.29 is 23.5 Å². The second-order valence-corrected chi connectivity index (χ2v) is 6.12. The Labute approximate surface area is 159 Å². The standard InChI is InChI=1S/C20H17N3O5/c1-11-18(19(24)21-2)14-5-4-13(9-17(14)27-11)28-16-6-7-22-23-10-12(8-15(16)23)20(25)26-3/h4-10H,1-3H3,(H,21,24). The van der Waals surface area contributed by atoms with Crippen LogP contribution in [0, 0.1) is 6.92 Å². The predicted molar refractivity (Wildman–Crippen MR) is 101 cm³/mol. The number of hydrogen-bond donors (Lipinski definition) is 1. The molecule has 1 aromatic carbocycles. The maximum absolute atomic E-state index is 12.1. The first-order valence-electron chi connectivity index (χ1n) is 8.50. The number of methoxy groups -OCH3 is 1. The number of esters is 1. The van der Waals surface area contributed by atoms with Crippen LogP contribution in [0.5, 0.6) is 11.5 Å². The van der Waals surface area contributed by atoms with Crippen LogP contribution in [0.1, 0.15) is 26.5 Å². The molecule has 142 valence electrons. The van der Waals surface area contributed by atoms with E-state index in [2.05, 4.69) is 10.4 Å².